The summed E-state index contributed by atoms with van der Waals surface area (Å²) in [6, 6.07) is 16.3. The second-order valence-corrected chi connectivity index (χ2v) is 8.95. The number of piperidine rings is 1. The molecule has 0 spiro atoms. The Morgan fingerprint density at radius 3 is 2.48 bits per heavy atom. The van der Waals surface area contributed by atoms with Gasteiger partial charge in [-0.15, -0.1) is 0 Å². The molecule has 0 aromatic heterocycles. The number of morpholine rings is 1. The highest BCUT2D eigenvalue weighted by Gasteiger charge is 2.36. The fraction of sp³-hybridized carbons (Fsp3) is 0.481. The van der Waals surface area contributed by atoms with E-state index in [0.29, 0.717) is 0 Å². The Morgan fingerprint density at radius 2 is 1.71 bits per heavy atom. The van der Waals surface area contributed by atoms with Crippen molar-refractivity contribution in [3.8, 4) is 0 Å². The molecule has 0 unspecified atom stereocenters. The van der Waals surface area contributed by atoms with Gasteiger partial charge in [-0.2, -0.15) is 0 Å². The first-order chi connectivity index (χ1) is 15.1. The van der Waals surface area contributed by atoms with Crippen LogP contribution < -0.4 is 0 Å². The molecular weight excluding hydrogens is 384 g/mol. The van der Waals surface area contributed by atoms with Crippen molar-refractivity contribution in [2.45, 2.75) is 26.2 Å². The van der Waals surface area contributed by atoms with Crippen LogP contribution in [0.4, 0.5) is 0 Å². The van der Waals surface area contributed by atoms with Crippen molar-refractivity contribution in [1.82, 2.24) is 9.80 Å². The van der Waals surface area contributed by atoms with E-state index in [4.69, 9.17) is 4.74 Å². The van der Waals surface area contributed by atoms with Gasteiger partial charge in [0.15, 0.2) is 5.78 Å². The van der Waals surface area contributed by atoms with Gasteiger partial charge in [-0.25, -0.2) is 0 Å². The number of aryl methyl sites for hydroxylation is 1. The summed E-state index contributed by atoms with van der Waals surface area (Å²) in [7, 11) is 0. The number of ketones is 1. The summed E-state index contributed by atoms with van der Waals surface area (Å²) in [5, 5.41) is 0. The number of likely N-dealkylation sites (tertiary alicyclic amines) is 1. The maximum atomic E-state index is 13.6. The molecule has 0 bridgehead atoms. The highest BCUT2D eigenvalue weighted by atomic mass is 16.5. The van der Waals surface area contributed by atoms with E-state index < -0.39 is 0 Å². The van der Waals surface area contributed by atoms with Gasteiger partial charge in [0.25, 0.3) is 0 Å². The zero-order valence-corrected chi connectivity index (χ0v) is 18.9. The second kappa shape index (κ2) is 10.5. The van der Waals surface area contributed by atoms with Crippen molar-refractivity contribution in [2.24, 2.45) is 5.92 Å². The molecule has 2 heterocycles. The fourth-order valence-corrected chi connectivity index (χ4v) is 4.96. The third-order valence-corrected chi connectivity index (χ3v) is 6.96. The van der Waals surface area contributed by atoms with Gasteiger partial charge >= 0.3 is 0 Å². The van der Waals surface area contributed by atoms with Crippen LogP contribution in [0.1, 0.15) is 39.4 Å². The molecule has 0 N–H and O–H groups in total. The summed E-state index contributed by atoms with van der Waals surface area (Å²) in [5.74, 6) is 0.392. The molecular formula is C27H35N2O2. The Kier molecular flexibility index (Phi) is 7.54. The Balaban J connectivity index is 1.47. The van der Waals surface area contributed by atoms with Gasteiger partial charge in [0.05, 0.1) is 13.2 Å². The molecule has 0 amide bonds. The highest BCUT2D eigenvalue weighted by Crippen LogP contribution is 2.37. The van der Waals surface area contributed by atoms with Gasteiger partial charge < -0.3 is 9.64 Å². The number of rotatable bonds is 7. The van der Waals surface area contributed by atoms with Crippen molar-refractivity contribution in [1.29, 1.82) is 0 Å². The van der Waals surface area contributed by atoms with E-state index in [2.05, 4.69) is 48.3 Å². The molecule has 31 heavy (non-hydrogen) atoms. The summed E-state index contributed by atoms with van der Waals surface area (Å²) >= 11 is 0. The minimum Gasteiger partial charge on any atom is -0.379 e. The Hall–Kier alpha value is -2.01. The number of hydrogen-bond donors (Lipinski definition) is 0. The van der Waals surface area contributed by atoms with E-state index in [1.165, 1.54) is 16.7 Å². The number of carbonyl (C=O) groups excluding carboxylic acids is 1. The maximum Gasteiger partial charge on any atom is 0.167 e. The van der Waals surface area contributed by atoms with E-state index in [0.717, 1.165) is 64.5 Å². The number of nitrogens with zero attached hydrogens (tertiary/aromatic N) is 2. The molecule has 4 rings (SSSR count). The number of ether oxygens (including phenoxy) is 1. The van der Waals surface area contributed by atoms with Crippen LogP contribution in [0.2, 0.25) is 0 Å². The summed E-state index contributed by atoms with van der Waals surface area (Å²) in [6.07, 6.45) is 3.51. The van der Waals surface area contributed by atoms with E-state index in [-0.39, 0.29) is 17.6 Å². The van der Waals surface area contributed by atoms with E-state index in [1.54, 1.807) is 0 Å². The molecule has 165 valence electrons. The molecule has 2 saturated heterocycles. The Labute approximate surface area is 187 Å². The molecule has 2 fully saturated rings. The lowest BCUT2D eigenvalue weighted by Crippen LogP contribution is -2.45. The van der Waals surface area contributed by atoms with Crippen LogP contribution in [-0.4, -0.2) is 68.1 Å². The van der Waals surface area contributed by atoms with Crippen LogP contribution in [0.25, 0.3) is 0 Å². The van der Waals surface area contributed by atoms with E-state index >= 15 is 0 Å². The molecule has 2 aromatic rings. The van der Waals surface area contributed by atoms with Crippen LogP contribution in [0, 0.1) is 26.2 Å². The number of Topliss-reactive ketones (excluding diaryl/α,β-unsaturated/α-hetero) is 1. The van der Waals surface area contributed by atoms with Crippen molar-refractivity contribution in [2.75, 3.05) is 52.5 Å². The third-order valence-electron chi connectivity index (χ3n) is 6.96. The lowest BCUT2D eigenvalue weighted by atomic mass is 9.75. The largest absolute Gasteiger partial charge is 0.379 e. The topological polar surface area (TPSA) is 32.8 Å². The molecule has 0 saturated carbocycles. The van der Waals surface area contributed by atoms with Crippen LogP contribution in [0.3, 0.4) is 0 Å². The summed E-state index contributed by atoms with van der Waals surface area (Å²) in [5.41, 5.74) is 4.74. The first-order valence-corrected chi connectivity index (χ1v) is 11.6. The van der Waals surface area contributed by atoms with Gasteiger partial charge in [0.2, 0.25) is 0 Å². The molecule has 2 aromatic carbocycles. The van der Waals surface area contributed by atoms with Gasteiger partial charge in [-0.1, -0.05) is 48.5 Å². The molecule has 2 aliphatic heterocycles. The van der Waals surface area contributed by atoms with E-state index in [1.807, 2.05) is 30.3 Å². The minimum absolute atomic E-state index is 0.0416. The normalized spacial score (nSPS) is 23.0. The predicted molar refractivity (Wildman–Crippen MR) is 126 cm³/mol. The average molecular weight is 420 g/mol. The standard InChI is InChI=1S/C27H35N2O2/c1-21-8-6-11-24(22(21)2)25-12-15-29(14-7-13-28-16-18-31-19-17-28)20-26(25)27(30)23-9-4-3-5-10-23/h3-6,8-12,25-26H,7,13-20H2,1-2H3/t25-,26-/m1/s1. The van der Waals surface area contributed by atoms with Gasteiger partial charge in [-0.3, -0.25) is 9.69 Å². The number of hydrogen-bond acceptors (Lipinski definition) is 4. The van der Waals surface area contributed by atoms with Crippen LogP contribution >= 0.6 is 0 Å². The first kappa shape index (κ1) is 22.2. The van der Waals surface area contributed by atoms with Gasteiger partial charge in [0.1, 0.15) is 0 Å². The van der Waals surface area contributed by atoms with Crippen molar-refractivity contribution in [3.63, 3.8) is 0 Å². The molecule has 0 aliphatic carbocycles. The highest BCUT2D eigenvalue weighted by molar-refractivity contribution is 5.98. The second-order valence-electron chi connectivity index (χ2n) is 8.95. The zero-order chi connectivity index (χ0) is 21.6. The summed E-state index contributed by atoms with van der Waals surface area (Å²) in [4.78, 5) is 18.5. The lowest BCUT2D eigenvalue weighted by Gasteiger charge is -2.39. The minimum atomic E-state index is -0.0416. The lowest BCUT2D eigenvalue weighted by molar-refractivity contribution is 0.0355. The molecule has 4 nitrogen and oxygen atoms in total. The Bertz CT molecular complexity index is 861. The monoisotopic (exact) mass is 419 g/mol. The SMILES string of the molecule is Cc1cccc([C@H]2[CH]CN(CCCN3CCOCC3)C[C@H]2C(=O)c2ccccc2)c1C. The smallest absolute Gasteiger partial charge is 0.167 e. The van der Waals surface area contributed by atoms with Gasteiger partial charge in [0, 0.05) is 37.7 Å². The van der Waals surface area contributed by atoms with Gasteiger partial charge in [-0.05, 0) is 62.4 Å². The van der Waals surface area contributed by atoms with Crippen molar-refractivity contribution >= 4 is 5.78 Å². The van der Waals surface area contributed by atoms with E-state index in [9.17, 15) is 4.79 Å². The van der Waals surface area contributed by atoms with Crippen LogP contribution in [0.15, 0.2) is 48.5 Å². The summed E-state index contributed by atoms with van der Waals surface area (Å²) in [6.45, 7) is 12.0. The molecule has 2 aliphatic rings. The summed E-state index contributed by atoms with van der Waals surface area (Å²) < 4.78 is 5.46. The van der Waals surface area contributed by atoms with Crippen molar-refractivity contribution in [3.05, 3.63) is 77.2 Å². The number of carbonyl (C=O) groups is 1. The fourth-order valence-electron chi connectivity index (χ4n) is 4.96. The predicted octanol–water partition coefficient (Wildman–Crippen LogP) is 4.13. The molecule has 1 radical (unpaired) electrons. The third kappa shape index (κ3) is 5.43. The Morgan fingerprint density at radius 1 is 0.968 bits per heavy atom. The first-order valence-electron chi connectivity index (χ1n) is 11.6. The average Bonchev–Trinajstić information content (AvgIpc) is 2.82. The van der Waals surface area contributed by atoms with Crippen LogP contribution in [-0.2, 0) is 4.74 Å². The maximum absolute atomic E-state index is 13.6. The van der Waals surface area contributed by atoms with Crippen molar-refractivity contribution < 1.29 is 9.53 Å². The quantitative estimate of drug-likeness (QED) is 0.632. The number of benzene rings is 2. The molecule has 2 atom stereocenters. The molecule has 4 heteroatoms. The zero-order valence-electron chi connectivity index (χ0n) is 18.9. The van der Waals surface area contributed by atoms with Crippen LogP contribution in [0.5, 0.6) is 0 Å².